The summed E-state index contributed by atoms with van der Waals surface area (Å²) >= 11 is 1.50. The van der Waals surface area contributed by atoms with Gasteiger partial charge in [-0.15, -0.1) is 0 Å². The fraction of sp³-hybridized carbons (Fsp3) is 0.214. The monoisotopic (exact) mass is 325 g/mol. The smallest absolute Gasteiger partial charge is 0.339 e. The Morgan fingerprint density at radius 1 is 1.29 bits per heavy atom. The second-order valence-corrected chi connectivity index (χ2v) is 7.17. The Balaban J connectivity index is 2.37. The van der Waals surface area contributed by atoms with Crippen LogP contribution >= 0.6 is 11.3 Å². The van der Waals surface area contributed by atoms with Crippen molar-refractivity contribution in [3.8, 4) is 0 Å². The zero-order chi connectivity index (χ0) is 15.5. The third kappa shape index (κ3) is 3.31. The summed E-state index contributed by atoms with van der Waals surface area (Å²) in [5.74, 6) is -0.668. The first kappa shape index (κ1) is 15.7. The van der Waals surface area contributed by atoms with Crippen LogP contribution in [-0.4, -0.2) is 32.8 Å². The van der Waals surface area contributed by atoms with Crippen LogP contribution in [-0.2, 0) is 21.3 Å². The standard InChI is InChI=1S/C14H15NO4S2/c1-15(9-11-7-8-20-10-11)21(17,18)13-6-4-3-5-12(13)14(16)19-2/h3-8,10H,9H2,1-2H3. The summed E-state index contributed by atoms with van der Waals surface area (Å²) in [4.78, 5) is 11.7. The van der Waals surface area contributed by atoms with Crippen molar-refractivity contribution in [2.75, 3.05) is 14.2 Å². The molecule has 1 heterocycles. The van der Waals surface area contributed by atoms with Gasteiger partial charge in [0, 0.05) is 13.6 Å². The normalized spacial score (nSPS) is 11.6. The van der Waals surface area contributed by atoms with Gasteiger partial charge in [-0.3, -0.25) is 0 Å². The number of rotatable bonds is 5. The third-order valence-electron chi connectivity index (χ3n) is 2.97. The van der Waals surface area contributed by atoms with E-state index >= 15 is 0 Å². The molecule has 7 heteroatoms. The molecule has 0 amide bonds. The molecular weight excluding hydrogens is 310 g/mol. The van der Waals surface area contributed by atoms with Crippen molar-refractivity contribution in [3.05, 3.63) is 52.2 Å². The number of carbonyl (C=O) groups is 1. The topological polar surface area (TPSA) is 63.7 Å². The van der Waals surface area contributed by atoms with Crippen LogP contribution in [0.25, 0.3) is 0 Å². The average Bonchev–Trinajstić information content (AvgIpc) is 2.99. The molecule has 0 aliphatic rings. The Morgan fingerprint density at radius 3 is 2.62 bits per heavy atom. The number of benzene rings is 1. The van der Waals surface area contributed by atoms with Crippen LogP contribution in [0.5, 0.6) is 0 Å². The Kier molecular flexibility index (Phi) is 4.76. The van der Waals surface area contributed by atoms with Gasteiger partial charge in [0.15, 0.2) is 0 Å². The second kappa shape index (κ2) is 6.38. The highest BCUT2D eigenvalue weighted by molar-refractivity contribution is 7.89. The zero-order valence-corrected chi connectivity index (χ0v) is 13.3. The van der Waals surface area contributed by atoms with Crippen molar-refractivity contribution in [3.63, 3.8) is 0 Å². The Morgan fingerprint density at radius 2 is 2.00 bits per heavy atom. The quantitative estimate of drug-likeness (QED) is 0.792. The van der Waals surface area contributed by atoms with Gasteiger partial charge in [-0.05, 0) is 34.5 Å². The lowest BCUT2D eigenvalue weighted by Crippen LogP contribution is -2.28. The van der Waals surface area contributed by atoms with Gasteiger partial charge < -0.3 is 4.74 Å². The number of esters is 1. The molecule has 0 saturated carbocycles. The highest BCUT2D eigenvalue weighted by atomic mass is 32.2. The van der Waals surface area contributed by atoms with E-state index in [1.54, 1.807) is 12.1 Å². The fourth-order valence-electron chi connectivity index (χ4n) is 1.86. The number of methoxy groups -OCH3 is 1. The maximum Gasteiger partial charge on any atom is 0.339 e. The first-order valence-electron chi connectivity index (χ1n) is 6.11. The van der Waals surface area contributed by atoms with E-state index in [4.69, 9.17) is 0 Å². The lowest BCUT2D eigenvalue weighted by molar-refractivity contribution is 0.0596. The summed E-state index contributed by atoms with van der Waals surface area (Å²) in [5, 5.41) is 3.77. The van der Waals surface area contributed by atoms with Crippen molar-refractivity contribution in [1.29, 1.82) is 0 Å². The van der Waals surface area contributed by atoms with Gasteiger partial charge in [0.2, 0.25) is 10.0 Å². The summed E-state index contributed by atoms with van der Waals surface area (Å²) < 4.78 is 31.1. The van der Waals surface area contributed by atoms with Gasteiger partial charge in [0.05, 0.1) is 17.6 Å². The maximum atomic E-state index is 12.6. The van der Waals surface area contributed by atoms with Crippen molar-refractivity contribution in [2.24, 2.45) is 0 Å². The molecule has 0 atom stereocenters. The predicted molar refractivity (Wildman–Crippen MR) is 80.8 cm³/mol. The minimum atomic E-state index is -3.76. The van der Waals surface area contributed by atoms with E-state index in [0.29, 0.717) is 0 Å². The minimum absolute atomic E-state index is 0.0390. The SMILES string of the molecule is COC(=O)c1ccccc1S(=O)(=O)N(C)Cc1ccsc1. The largest absolute Gasteiger partial charge is 0.465 e. The molecule has 0 unspecified atom stereocenters. The van der Waals surface area contributed by atoms with E-state index in [1.807, 2.05) is 16.8 Å². The van der Waals surface area contributed by atoms with Crippen LogP contribution in [0.3, 0.4) is 0 Å². The molecule has 0 saturated heterocycles. The summed E-state index contributed by atoms with van der Waals surface area (Å²) in [6.45, 7) is 0.251. The van der Waals surface area contributed by atoms with E-state index in [-0.39, 0.29) is 17.0 Å². The van der Waals surface area contributed by atoms with Gasteiger partial charge in [0.1, 0.15) is 0 Å². The average molecular weight is 325 g/mol. The first-order chi connectivity index (χ1) is 9.96. The Labute approximate surface area is 127 Å². The molecule has 112 valence electrons. The molecule has 0 radical (unpaired) electrons. The molecule has 0 aliphatic heterocycles. The van der Waals surface area contributed by atoms with Crippen LogP contribution in [0, 0.1) is 0 Å². The fourth-order valence-corrected chi connectivity index (χ4v) is 3.86. The molecule has 0 bridgehead atoms. The first-order valence-corrected chi connectivity index (χ1v) is 8.50. The molecule has 1 aromatic heterocycles. The van der Waals surface area contributed by atoms with Crippen LogP contribution < -0.4 is 0 Å². The van der Waals surface area contributed by atoms with Gasteiger partial charge >= 0.3 is 5.97 Å². The Bertz CT molecular complexity index is 723. The lowest BCUT2D eigenvalue weighted by Gasteiger charge is -2.18. The van der Waals surface area contributed by atoms with E-state index in [9.17, 15) is 13.2 Å². The van der Waals surface area contributed by atoms with E-state index < -0.39 is 16.0 Å². The highest BCUT2D eigenvalue weighted by Gasteiger charge is 2.26. The molecule has 0 spiro atoms. The number of nitrogens with zero attached hydrogens (tertiary/aromatic N) is 1. The molecule has 21 heavy (non-hydrogen) atoms. The number of hydrogen-bond acceptors (Lipinski definition) is 5. The summed E-state index contributed by atoms with van der Waals surface area (Å²) in [5.41, 5.74) is 0.943. The molecule has 5 nitrogen and oxygen atoms in total. The van der Waals surface area contributed by atoms with Crippen LogP contribution in [0.4, 0.5) is 0 Å². The molecule has 0 fully saturated rings. The molecule has 2 aromatic rings. The van der Waals surface area contributed by atoms with Crippen LogP contribution in [0.2, 0.25) is 0 Å². The summed E-state index contributed by atoms with van der Waals surface area (Å²) in [6, 6.07) is 7.90. The summed E-state index contributed by atoms with van der Waals surface area (Å²) in [6.07, 6.45) is 0. The van der Waals surface area contributed by atoms with Crippen molar-refractivity contribution in [2.45, 2.75) is 11.4 Å². The van der Waals surface area contributed by atoms with Crippen molar-refractivity contribution in [1.82, 2.24) is 4.31 Å². The second-order valence-electron chi connectivity index (χ2n) is 4.38. The van der Waals surface area contributed by atoms with Gasteiger partial charge in [-0.25, -0.2) is 13.2 Å². The molecular formula is C14H15NO4S2. The van der Waals surface area contributed by atoms with Crippen molar-refractivity contribution >= 4 is 27.3 Å². The molecule has 1 aromatic carbocycles. The predicted octanol–water partition coefficient (Wildman–Crippen LogP) is 2.36. The van der Waals surface area contributed by atoms with E-state index in [1.165, 1.54) is 41.9 Å². The van der Waals surface area contributed by atoms with Crippen molar-refractivity contribution < 1.29 is 17.9 Å². The lowest BCUT2D eigenvalue weighted by atomic mass is 10.2. The zero-order valence-electron chi connectivity index (χ0n) is 11.6. The third-order valence-corrected chi connectivity index (χ3v) is 5.56. The van der Waals surface area contributed by atoms with Gasteiger partial charge in [-0.2, -0.15) is 15.6 Å². The minimum Gasteiger partial charge on any atom is -0.465 e. The van der Waals surface area contributed by atoms with Crippen LogP contribution in [0.1, 0.15) is 15.9 Å². The molecule has 2 rings (SSSR count). The van der Waals surface area contributed by atoms with E-state index in [0.717, 1.165) is 5.56 Å². The number of hydrogen-bond donors (Lipinski definition) is 0. The number of ether oxygens (including phenoxy) is 1. The maximum absolute atomic E-state index is 12.6. The highest BCUT2D eigenvalue weighted by Crippen LogP contribution is 2.22. The molecule has 0 N–H and O–H groups in total. The summed E-state index contributed by atoms with van der Waals surface area (Å²) in [7, 11) is -1.05. The van der Waals surface area contributed by atoms with Crippen LogP contribution in [0.15, 0.2) is 46.0 Å². The number of carbonyl (C=O) groups excluding carboxylic acids is 1. The molecule has 0 aliphatic carbocycles. The number of thiophene rings is 1. The number of sulfonamides is 1. The van der Waals surface area contributed by atoms with Gasteiger partial charge in [0.25, 0.3) is 0 Å². The Hall–Kier alpha value is -1.70. The van der Waals surface area contributed by atoms with E-state index in [2.05, 4.69) is 4.74 Å². The van der Waals surface area contributed by atoms with Gasteiger partial charge in [-0.1, -0.05) is 12.1 Å².